The van der Waals surface area contributed by atoms with Crippen molar-refractivity contribution in [1.82, 2.24) is 35.2 Å². The molecule has 0 atom stereocenters. The number of benzene rings is 1. The average molecular weight is 434 g/mol. The van der Waals surface area contributed by atoms with Gasteiger partial charge in [-0.2, -0.15) is 5.10 Å². The second-order valence-corrected chi connectivity index (χ2v) is 8.07. The fourth-order valence-electron chi connectivity index (χ4n) is 4.30. The molecule has 0 unspecified atom stereocenters. The lowest BCUT2D eigenvalue weighted by Gasteiger charge is -2.32. The minimum Gasteiger partial charge on any atom is -0.312 e. The summed E-state index contributed by atoms with van der Waals surface area (Å²) in [4.78, 5) is 2.51. The Balaban J connectivity index is 0.00000205. The first-order valence-corrected chi connectivity index (χ1v) is 10.3. The third-order valence-electron chi connectivity index (χ3n) is 5.85. The van der Waals surface area contributed by atoms with Gasteiger partial charge in [-0.05, 0) is 43.6 Å². The Hall–Kier alpha value is -1.93. The quantitative estimate of drug-likeness (QED) is 0.660. The van der Waals surface area contributed by atoms with E-state index in [0.717, 1.165) is 74.2 Å². The summed E-state index contributed by atoms with van der Waals surface area (Å²) in [6, 6.07) is 7.91. The standard InChI is InChI=1S/C20H24ClN7.ClH/c21-17-3-1-14(2-4-17)19-16(11-23-25-19)13-27-8-5-15(6-9-27)20-26-24-18-12-22-7-10-28(18)20;/h1-4,11,15,22H,5-10,12-13H2,(H,23,25);1H. The lowest BCUT2D eigenvalue weighted by atomic mass is 9.95. The molecule has 3 aromatic rings. The van der Waals surface area contributed by atoms with Gasteiger partial charge in [0.15, 0.2) is 0 Å². The minimum atomic E-state index is 0. The van der Waals surface area contributed by atoms with Gasteiger partial charge in [-0.15, -0.1) is 22.6 Å². The summed E-state index contributed by atoms with van der Waals surface area (Å²) in [7, 11) is 0. The Kier molecular flexibility index (Phi) is 6.20. The van der Waals surface area contributed by atoms with Crippen LogP contribution in [-0.4, -0.2) is 49.5 Å². The summed E-state index contributed by atoms with van der Waals surface area (Å²) in [5.74, 6) is 2.77. The summed E-state index contributed by atoms with van der Waals surface area (Å²) < 4.78 is 2.32. The normalized spacial score (nSPS) is 17.7. The number of aromatic nitrogens is 5. The van der Waals surface area contributed by atoms with Crippen LogP contribution in [0.25, 0.3) is 11.3 Å². The van der Waals surface area contributed by atoms with Crippen LogP contribution in [0.4, 0.5) is 0 Å². The van der Waals surface area contributed by atoms with E-state index in [0.29, 0.717) is 5.92 Å². The van der Waals surface area contributed by atoms with Crippen molar-refractivity contribution in [3.8, 4) is 11.3 Å². The van der Waals surface area contributed by atoms with Gasteiger partial charge >= 0.3 is 0 Å². The molecule has 1 saturated heterocycles. The molecule has 9 heteroatoms. The third-order valence-corrected chi connectivity index (χ3v) is 6.10. The molecule has 0 bridgehead atoms. The number of rotatable bonds is 4. The number of nitrogens with zero attached hydrogens (tertiary/aromatic N) is 5. The fraction of sp³-hybridized carbons (Fsp3) is 0.450. The summed E-state index contributed by atoms with van der Waals surface area (Å²) in [5.41, 5.74) is 3.43. The summed E-state index contributed by atoms with van der Waals surface area (Å²) in [6.07, 6.45) is 4.19. The molecule has 29 heavy (non-hydrogen) atoms. The molecule has 1 aromatic carbocycles. The largest absolute Gasteiger partial charge is 0.312 e. The van der Waals surface area contributed by atoms with Crippen molar-refractivity contribution in [3.05, 3.63) is 52.7 Å². The predicted molar refractivity (Wildman–Crippen MR) is 115 cm³/mol. The topological polar surface area (TPSA) is 74.7 Å². The van der Waals surface area contributed by atoms with E-state index in [1.54, 1.807) is 0 Å². The lowest BCUT2D eigenvalue weighted by molar-refractivity contribution is 0.199. The van der Waals surface area contributed by atoms with Crippen molar-refractivity contribution in [3.63, 3.8) is 0 Å². The van der Waals surface area contributed by atoms with Crippen LogP contribution in [0.2, 0.25) is 5.02 Å². The smallest absolute Gasteiger partial charge is 0.147 e. The summed E-state index contributed by atoms with van der Waals surface area (Å²) in [5, 5.41) is 20.4. The highest BCUT2D eigenvalue weighted by molar-refractivity contribution is 6.30. The first-order chi connectivity index (χ1) is 13.8. The number of hydrogen-bond donors (Lipinski definition) is 2. The van der Waals surface area contributed by atoms with Crippen LogP contribution in [-0.2, 0) is 19.6 Å². The molecule has 154 valence electrons. The molecule has 0 aliphatic carbocycles. The zero-order valence-corrected chi connectivity index (χ0v) is 17.7. The van der Waals surface area contributed by atoms with Crippen molar-refractivity contribution >= 4 is 24.0 Å². The molecule has 2 aromatic heterocycles. The van der Waals surface area contributed by atoms with E-state index in [1.165, 1.54) is 11.4 Å². The first kappa shape index (κ1) is 20.3. The van der Waals surface area contributed by atoms with Gasteiger partial charge in [0.2, 0.25) is 0 Å². The monoisotopic (exact) mass is 433 g/mol. The molecule has 4 heterocycles. The number of H-pyrrole nitrogens is 1. The van der Waals surface area contributed by atoms with Crippen molar-refractivity contribution in [2.45, 2.75) is 38.4 Å². The van der Waals surface area contributed by atoms with Gasteiger partial charge in [0.05, 0.1) is 18.4 Å². The van der Waals surface area contributed by atoms with Crippen molar-refractivity contribution in [1.29, 1.82) is 0 Å². The van der Waals surface area contributed by atoms with E-state index < -0.39 is 0 Å². The van der Waals surface area contributed by atoms with Gasteiger partial charge in [0.25, 0.3) is 0 Å². The van der Waals surface area contributed by atoms with Gasteiger partial charge in [-0.1, -0.05) is 23.7 Å². The number of aromatic amines is 1. The number of nitrogens with one attached hydrogen (secondary N) is 2. The van der Waals surface area contributed by atoms with Crippen LogP contribution in [0.1, 0.15) is 36.0 Å². The highest BCUT2D eigenvalue weighted by Gasteiger charge is 2.27. The zero-order valence-electron chi connectivity index (χ0n) is 16.1. The lowest BCUT2D eigenvalue weighted by Crippen LogP contribution is -2.34. The molecule has 0 spiro atoms. The Bertz CT molecular complexity index is 942. The summed E-state index contributed by atoms with van der Waals surface area (Å²) >= 11 is 6.02. The molecule has 0 amide bonds. The van der Waals surface area contributed by atoms with E-state index in [9.17, 15) is 0 Å². The molecule has 2 aliphatic rings. The van der Waals surface area contributed by atoms with Gasteiger partial charge in [-0.3, -0.25) is 10.00 Å². The van der Waals surface area contributed by atoms with Crippen molar-refractivity contribution < 1.29 is 0 Å². The van der Waals surface area contributed by atoms with Gasteiger partial charge in [0, 0.05) is 36.1 Å². The Morgan fingerprint density at radius 2 is 1.86 bits per heavy atom. The Morgan fingerprint density at radius 3 is 2.66 bits per heavy atom. The van der Waals surface area contributed by atoms with E-state index >= 15 is 0 Å². The maximum atomic E-state index is 6.02. The van der Waals surface area contributed by atoms with Crippen LogP contribution in [0, 0.1) is 0 Å². The zero-order chi connectivity index (χ0) is 18.9. The number of fused-ring (bicyclic) bond motifs is 1. The Labute approximate surface area is 181 Å². The van der Waals surface area contributed by atoms with E-state index in [2.05, 4.69) is 35.2 Å². The van der Waals surface area contributed by atoms with Crippen molar-refractivity contribution in [2.24, 2.45) is 0 Å². The van der Waals surface area contributed by atoms with Gasteiger partial charge in [-0.25, -0.2) is 0 Å². The summed E-state index contributed by atoms with van der Waals surface area (Å²) in [6.45, 7) is 5.86. The van der Waals surface area contributed by atoms with Gasteiger partial charge in [0.1, 0.15) is 11.6 Å². The second kappa shape index (κ2) is 8.83. The minimum absolute atomic E-state index is 0. The predicted octanol–water partition coefficient (Wildman–Crippen LogP) is 3.23. The Morgan fingerprint density at radius 1 is 1.07 bits per heavy atom. The third kappa shape index (κ3) is 4.19. The maximum absolute atomic E-state index is 6.02. The molecule has 2 aliphatic heterocycles. The number of hydrogen-bond acceptors (Lipinski definition) is 5. The van der Waals surface area contributed by atoms with Crippen LogP contribution in [0.5, 0.6) is 0 Å². The van der Waals surface area contributed by atoms with Crippen LogP contribution in [0.3, 0.4) is 0 Å². The molecule has 2 N–H and O–H groups in total. The molecule has 0 saturated carbocycles. The molecule has 5 rings (SSSR count). The second-order valence-electron chi connectivity index (χ2n) is 7.63. The van der Waals surface area contributed by atoms with E-state index in [-0.39, 0.29) is 12.4 Å². The number of likely N-dealkylation sites (tertiary alicyclic amines) is 1. The highest BCUT2D eigenvalue weighted by atomic mass is 35.5. The number of halogens is 2. The molecular formula is C20H25Cl2N7. The van der Waals surface area contributed by atoms with Crippen LogP contribution < -0.4 is 5.32 Å². The SMILES string of the molecule is Cl.Clc1ccc(-c2[nH]ncc2CN2CCC(c3nnc4n3CCNC4)CC2)cc1. The van der Waals surface area contributed by atoms with E-state index in [4.69, 9.17) is 11.6 Å². The molecular weight excluding hydrogens is 409 g/mol. The van der Waals surface area contributed by atoms with Crippen molar-refractivity contribution in [2.75, 3.05) is 19.6 Å². The van der Waals surface area contributed by atoms with E-state index in [1.807, 2.05) is 30.5 Å². The van der Waals surface area contributed by atoms with Crippen LogP contribution in [0.15, 0.2) is 30.5 Å². The average Bonchev–Trinajstić information content (AvgIpc) is 3.36. The van der Waals surface area contributed by atoms with Gasteiger partial charge < -0.3 is 9.88 Å². The first-order valence-electron chi connectivity index (χ1n) is 9.91. The van der Waals surface area contributed by atoms with Crippen LogP contribution >= 0.6 is 24.0 Å². The molecule has 0 radical (unpaired) electrons. The molecule has 7 nitrogen and oxygen atoms in total. The fourth-order valence-corrected chi connectivity index (χ4v) is 4.43. The number of piperidine rings is 1. The molecule has 1 fully saturated rings. The maximum Gasteiger partial charge on any atom is 0.147 e. The highest BCUT2D eigenvalue weighted by Crippen LogP contribution is 2.30.